The number of rotatable bonds is 4. The fourth-order valence-corrected chi connectivity index (χ4v) is 3.65. The first-order chi connectivity index (χ1) is 8.76. The number of thiophene rings is 1. The van der Waals surface area contributed by atoms with Crippen LogP contribution in [0.15, 0.2) is 24.3 Å². The summed E-state index contributed by atoms with van der Waals surface area (Å²) in [7, 11) is 0. The van der Waals surface area contributed by atoms with Gasteiger partial charge in [0.25, 0.3) is 0 Å². The maximum Gasteiger partial charge on any atom is 0.123 e. The lowest BCUT2D eigenvalue weighted by atomic mass is 9.81. The van der Waals surface area contributed by atoms with Crippen molar-refractivity contribution in [2.75, 3.05) is 0 Å². The molecule has 4 heteroatoms. The molecule has 1 atom stereocenters. The molecule has 0 aliphatic heterocycles. The zero-order valence-corrected chi connectivity index (χ0v) is 11.0. The van der Waals surface area contributed by atoms with E-state index in [1.807, 2.05) is 6.07 Å². The Morgan fingerprint density at radius 2 is 2.22 bits per heavy atom. The van der Waals surface area contributed by atoms with E-state index in [0.29, 0.717) is 0 Å². The van der Waals surface area contributed by atoms with Gasteiger partial charge in [-0.25, -0.2) is 4.39 Å². The van der Waals surface area contributed by atoms with Crippen molar-refractivity contribution in [2.24, 2.45) is 11.8 Å². The molecule has 0 amide bonds. The van der Waals surface area contributed by atoms with Gasteiger partial charge in [-0.1, -0.05) is 19.3 Å². The molecule has 2 nitrogen and oxygen atoms in total. The van der Waals surface area contributed by atoms with Gasteiger partial charge in [-0.15, -0.1) is 11.3 Å². The van der Waals surface area contributed by atoms with Crippen molar-refractivity contribution in [3.63, 3.8) is 0 Å². The Labute approximate surface area is 110 Å². The van der Waals surface area contributed by atoms with Crippen LogP contribution in [0.5, 0.6) is 0 Å². The Morgan fingerprint density at radius 3 is 2.89 bits per heavy atom. The molecule has 1 aliphatic carbocycles. The Hall–Kier alpha value is -0.970. The highest BCUT2D eigenvalue weighted by Gasteiger charge is 2.23. The van der Waals surface area contributed by atoms with Crippen molar-refractivity contribution >= 4 is 21.4 Å². The molecule has 1 fully saturated rings. The molecule has 1 heterocycles. The fourth-order valence-electron chi connectivity index (χ4n) is 2.53. The van der Waals surface area contributed by atoms with Crippen LogP contribution in [0.2, 0.25) is 0 Å². The van der Waals surface area contributed by atoms with E-state index in [0.717, 1.165) is 22.4 Å². The van der Waals surface area contributed by atoms with Crippen molar-refractivity contribution < 1.29 is 4.39 Å². The Balaban J connectivity index is 1.86. The van der Waals surface area contributed by atoms with E-state index in [1.54, 1.807) is 17.4 Å². The Bertz CT molecular complexity index is 548. The van der Waals surface area contributed by atoms with E-state index >= 15 is 0 Å². The molecule has 0 saturated heterocycles. The molecule has 3 rings (SSSR count). The summed E-state index contributed by atoms with van der Waals surface area (Å²) in [5.74, 6) is 6.29. The smallest absolute Gasteiger partial charge is 0.123 e. The lowest BCUT2D eigenvalue weighted by Gasteiger charge is -2.28. The summed E-state index contributed by atoms with van der Waals surface area (Å²) >= 11 is 1.71. The zero-order chi connectivity index (χ0) is 12.5. The number of hydrogen-bond acceptors (Lipinski definition) is 3. The van der Waals surface area contributed by atoms with Gasteiger partial charge in [0, 0.05) is 9.58 Å². The number of benzene rings is 1. The van der Waals surface area contributed by atoms with E-state index in [-0.39, 0.29) is 11.9 Å². The lowest BCUT2D eigenvalue weighted by molar-refractivity contribution is 0.263. The second-order valence-corrected chi connectivity index (χ2v) is 6.20. The molecule has 1 aliphatic rings. The average molecular weight is 264 g/mol. The van der Waals surface area contributed by atoms with E-state index in [4.69, 9.17) is 5.84 Å². The van der Waals surface area contributed by atoms with Crippen LogP contribution < -0.4 is 11.3 Å². The minimum atomic E-state index is -0.178. The van der Waals surface area contributed by atoms with Crippen LogP contribution in [0, 0.1) is 11.7 Å². The van der Waals surface area contributed by atoms with E-state index < -0.39 is 0 Å². The van der Waals surface area contributed by atoms with Crippen LogP contribution in [-0.2, 0) is 0 Å². The number of fused-ring (bicyclic) bond motifs is 1. The molecule has 0 spiro atoms. The summed E-state index contributed by atoms with van der Waals surface area (Å²) < 4.78 is 14.3. The zero-order valence-electron chi connectivity index (χ0n) is 10.2. The molecule has 3 N–H and O–H groups in total. The van der Waals surface area contributed by atoms with E-state index in [1.165, 1.54) is 30.2 Å². The first-order valence-electron chi connectivity index (χ1n) is 6.41. The molecule has 0 radical (unpaired) electrons. The highest BCUT2D eigenvalue weighted by Crippen LogP contribution is 2.38. The predicted molar refractivity (Wildman–Crippen MR) is 73.8 cm³/mol. The first-order valence-corrected chi connectivity index (χ1v) is 7.23. The number of nitrogens with two attached hydrogens (primary N) is 1. The van der Waals surface area contributed by atoms with Gasteiger partial charge in [0.1, 0.15) is 5.82 Å². The standard InChI is InChI=1S/C14H17FN2S/c15-11-4-5-13-10(7-11)8-14(18-13)12(17-16)6-9-2-1-3-9/h4-5,7-9,12,17H,1-3,6,16H2. The third-order valence-electron chi connectivity index (χ3n) is 3.84. The van der Waals surface area contributed by atoms with Crippen LogP contribution >= 0.6 is 11.3 Å². The van der Waals surface area contributed by atoms with Crippen LogP contribution in [0.25, 0.3) is 10.1 Å². The Morgan fingerprint density at radius 1 is 1.39 bits per heavy atom. The molecule has 96 valence electrons. The molecule has 1 aromatic carbocycles. The van der Waals surface area contributed by atoms with Gasteiger partial charge in [0.05, 0.1) is 6.04 Å². The van der Waals surface area contributed by atoms with Crippen molar-refractivity contribution in [1.82, 2.24) is 5.43 Å². The topological polar surface area (TPSA) is 38.0 Å². The van der Waals surface area contributed by atoms with Crippen LogP contribution in [0.3, 0.4) is 0 Å². The van der Waals surface area contributed by atoms with E-state index in [9.17, 15) is 4.39 Å². The normalized spacial score (nSPS) is 17.9. The molecule has 18 heavy (non-hydrogen) atoms. The van der Waals surface area contributed by atoms with Crippen LogP contribution in [0.4, 0.5) is 4.39 Å². The maximum atomic E-state index is 13.2. The minimum Gasteiger partial charge on any atom is -0.271 e. The van der Waals surface area contributed by atoms with Crippen molar-refractivity contribution in [2.45, 2.75) is 31.7 Å². The summed E-state index contributed by atoms with van der Waals surface area (Å²) in [5, 5.41) is 0.976. The van der Waals surface area contributed by atoms with Gasteiger partial charge in [0.2, 0.25) is 0 Å². The fraction of sp³-hybridized carbons (Fsp3) is 0.429. The molecule has 1 unspecified atom stereocenters. The molecular weight excluding hydrogens is 247 g/mol. The van der Waals surface area contributed by atoms with Crippen molar-refractivity contribution in [3.05, 3.63) is 35.0 Å². The van der Waals surface area contributed by atoms with Crippen LogP contribution in [0.1, 0.15) is 36.6 Å². The highest BCUT2D eigenvalue weighted by atomic mass is 32.1. The van der Waals surface area contributed by atoms with E-state index in [2.05, 4.69) is 11.5 Å². The third-order valence-corrected chi connectivity index (χ3v) is 5.07. The highest BCUT2D eigenvalue weighted by molar-refractivity contribution is 7.19. The van der Waals surface area contributed by atoms with Gasteiger partial charge in [-0.05, 0) is 42.0 Å². The molecule has 2 aromatic rings. The Kier molecular flexibility index (Phi) is 3.33. The molecule has 0 bridgehead atoms. The quantitative estimate of drug-likeness (QED) is 0.652. The van der Waals surface area contributed by atoms with Gasteiger partial charge < -0.3 is 0 Å². The number of halogens is 1. The predicted octanol–water partition coefficient (Wildman–Crippen LogP) is 3.74. The third kappa shape index (κ3) is 2.28. The summed E-state index contributed by atoms with van der Waals surface area (Å²) in [6.45, 7) is 0. The van der Waals surface area contributed by atoms with Gasteiger partial charge in [-0.2, -0.15) is 0 Å². The summed E-state index contributed by atoms with van der Waals surface area (Å²) in [5.41, 5.74) is 2.91. The second kappa shape index (κ2) is 4.96. The molecule has 1 saturated carbocycles. The van der Waals surface area contributed by atoms with Crippen molar-refractivity contribution in [1.29, 1.82) is 0 Å². The SMILES string of the molecule is NNC(CC1CCC1)c1cc2cc(F)ccc2s1. The average Bonchev–Trinajstić information content (AvgIpc) is 2.70. The second-order valence-electron chi connectivity index (χ2n) is 5.08. The maximum absolute atomic E-state index is 13.2. The van der Waals surface area contributed by atoms with Crippen LogP contribution in [-0.4, -0.2) is 0 Å². The number of hydrogen-bond donors (Lipinski definition) is 2. The summed E-state index contributed by atoms with van der Waals surface area (Å²) in [6, 6.07) is 7.21. The summed E-state index contributed by atoms with van der Waals surface area (Å²) in [4.78, 5) is 1.21. The number of hydrazine groups is 1. The number of nitrogens with one attached hydrogen (secondary N) is 1. The van der Waals surface area contributed by atoms with Gasteiger partial charge in [0.15, 0.2) is 0 Å². The summed E-state index contributed by atoms with van der Waals surface area (Å²) in [6.07, 6.45) is 5.07. The van der Waals surface area contributed by atoms with Crippen molar-refractivity contribution in [3.8, 4) is 0 Å². The lowest BCUT2D eigenvalue weighted by Crippen LogP contribution is -2.30. The largest absolute Gasteiger partial charge is 0.271 e. The van der Waals surface area contributed by atoms with Gasteiger partial charge >= 0.3 is 0 Å². The molecular formula is C14H17FN2S. The first kappa shape index (κ1) is 12.1. The minimum absolute atomic E-state index is 0.178. The van der Waals surface area contributed by atoms with Gasteiger partial charge in [-0.3, -0.25) is 11.3 Å². The molecule has 1 aromatic heterocycles. The monoisotopic (exact) mass is 264 g/mol.